The van der Waals surface area contributed by atoms with Crippen LogP contribution in [0.3, 0.4) is 0 Å². The van der Waals surface area contributed by atoms with E-state index < -0.39 is 0 Å². The van der Waals surface area contributed by atoms with Crippen LogP contribution < -0.4 is 10.6 Å². The lowest BCUT2D eigenvalue weighted by Crippen LogP contribution is -2.43. The fourth-order valence-electron chi connectivity index (χ4n) is 3.70. The highest BCUT2D eigenvalue weighted by Gasteiger charge is 2.31. The van der Waals surface area contributed by atoms with Crippen molar-refractivity contribution in [2.75, 3.05) is 39.0 Å². The Bertz CT molecular complexity index is 702. The zero-order valence-electron chi connectivity index (χ0n) is 18.9. The Morgan fingerprint density at radius 3 is 2.62 bits per heavy atom. The van der Waals surface area contributed by atoms with Crippen LogP contribution in [0.15, 0.2) is 18.2 Å². The number of likely N-dealkylation sites (N-methyl/N-ethyl adjacent to an activating group) is 1. The maximum Gasteiger partial charge on any atom is 0.251 e. The number of carbonyl (C=O) groups excluding carboxylic acids is 2. The first-order valence-electron chi connectivity index (χ1n) is 10.8. The normalized spacial score (nSPS) is 18.0. The Hall–Kier alpha value is -2.08. The molecule has 2 unspecified atom stereocenters. The summed E-state index contributed by atoms with van der Waals surface area (Å²) in [7, 11) is 3.62. The largest absolute Gasteiger partial charge is 0.382 e. The Morgan fingerprint density at radius 1 is 1.24 bits per heavy atom. The van der Waals surface area contributed by atoms with Gasteiger partial charge in [0, 0.05) is 44.5 Å². The van der Waals surface area contributed by atoms with Crippen molar-refractivity contribution < 1.29 is 9.59 Å². The monoisotopic (exact) mass is 402 g/mol. The van der Waals surface area contributed by atoms with Crippen molar-refractivity contribution in [3.63, 3.8) is 0 Å². The molecule has 1 aliphatic heterocycles. The predicted octanol–water partition coefficient (Wildman–Crippen LogP) is 3.12. The summed E-state index contributed by atoms with van der Waals surface area (Å²) in [5, 5.41) is 6.56. The molecule has 0 aliphatic carbocycles. The predicted molar refractivity (Wildman–Crippen MR) is 119 cm³/mol. The van der Waals surface area contributed by atoms with Crippen molar-refractivity contribution in [2.24, 2.45) is 5.92 Å². The number of likely N-dealkylation sites (tertiary alicyclic amines) is 1. The van der Waals surface area contributed by atoms with E-state index in [9.17, 15) is 9.59 Å². The number of anilines is 1. The molecule has 1 aliphatic rings. The molecule has 0 spiro atoms. The average molecular weight is 403 g/mol. The summed E-state index contributed by atoms with van der Waals surface area (Å²) in [4.78, 5) is 28.9. The van der Waals surface area contributed by atoms with Crippen molar-refractivity contribution >= 4 is 17.5 Å². The van der Waals surface area contributed by atoms with Gasteiger partial charge in [0.15, 0.2) is 0 Å². The fourth-order valence-corrected chi connectivity index (χ4v) is 3.70. The molecule has 2 atom stereocenters. The minimum absolute atomic E-state index is 0.00588. The van der Waals surface area contributed by atoms with E-state index in [2.05, 4.69) is 36.3 Å². The van der Waals surface area contributed by atoms with Crippen LogP contribution in [0.1, 0.15) is 56.0 Å². The van der Waals surface area contributed by atoms with Crippen LogP contribution in [-0.2, 0) is 4.79 Å². The van der Waals surface area contributed by atoms with Gasteiger partial charge in [-0.2, -0.15) is 0 Å². The number of nitrogens with one attached hydrogen (secondary N) is 2. The molecule has 29 heavy (non-hydrogen) atoms. The van der Waals surface area contributed by atoms with Gasteiger partial charge in [-0.05, 0) is 63.3 Å². The molecule has 1 heterocycles. The smallest absolute Gasteiger partial charge is 0.251 e. The van der Waals surface area contributed by atoms with Gasteiger partial charge in [0.2, 0.25) is 5.91 Å². The molecule has 162 valence electrons. The highest BCUT2D eigenvalue weighted by Crippen LogP contribution is 2.22. The zero-order chi connectivity index (χ0) is 21.6. The van der Waals surface area contributed by atoms with Gasteiger partial charge in [-0.1, -0.05) is 19.9 Å². The number of hydrogen-bond acceptors (Lipinski definition) is 4. The van der Waals surface area contributed by atoms with Crippen LogP contribution in [0.2, 0.25) is 0 Å². The molecule has 6 heteroatoms. The van der Waals surface area contributed by atoms with E-state index in [1.807, 2.05) is 39.2 Å². The highest BCUT2D eigenvalue weighted by molar-refractivity contribution is 5.97. The third kappa shape index (κ3) is 6.20. The molecular formula is C23H38N4O2. The second-order valence-corrected chi connectivity index (χ2v) is 8.69. The Morgan fingerprint density at radius 2 is 1.97 bits per heavy atom. The molecule has 2 amide bonds. The standard InChI is InChI=1S/C23H38N4O2/c1-16(2)18(4)25-20-11-7-10-19(17(20)3)22(28)24-13-9-15-27-14-8-12-21(27)23(29)26(5)6/h7,10-11,16,18,21,25H,8-9,12-15H2,1-6H3,(H,24,28). The lowest BCUT2D eigenvalue weighted by molar-refractivity contribution is -0.133. The Balaban J connectivity index is 1.86. The molecule has 6 nitrogen and oxygen atoms in total. The third-order valence-electron chi connectivity index (χ3n) is 5.96. The lowest BCUT2D eigenvalue weighted by Gasteiger charge is -2.26. The van der Waals surface area contributed by atoms with E-state index in [0.717, 1.165) is 43.6 Å². The quantitative estimate of drug-likeness (QED) is 0.623. The van der Waals surface area contributed by atoms with Crippen molar-refractivity contribution in [1.82, 2.24) is 15.1 Å². The van der Waals surface area contributed by atoms with Crippen molar-refractivity contribution in [3.05, 3.63) is 29.3 Å². The maximum absolute atomic E-state index is 12.7. The summed E-state index contributed by atoms with van der Waals surface area (Å²) in [5.74, 6) is 0.661. The van der Waals surface area contributed by atoms with Gasteiger partial charge < -0.3 is 15.5 Å². The van der Waals surface area contributed by atoms with Crippen LogP contribution in [0.25, 0.3) is 0 Å². The first-order valence-corrected chi connectivity index (χ1v) is 10.8. The van der Waals surface area contributed by atoms with Gasteiger partial charge in [-0.3, -0.25) is 14.5 Å². The molecule has 1 fully saturated rings. The second-order valence-electron chi connectivity index (χ2n) is 8.69. The second kappa shape index (κ2) is 10.6. The summed E-state index contributed by atoms with van der Waals surface area (Å²) < 4.78 is 0. The van der Waals surface area contributed by atoms with Crippen LogP contribution in [0.4, 0.5) is 5.69 Å². The van der Waals surface area contributed by atoms with Crippen molar-refractivity contribution in [3.8, 4) is 0 Å². The summed E-state index contributed by atoms with van der Waals surface area (Å²) >= 11 is 0. The number of hydrogen-bond donors (Lipinski definition) is 2. The van der Waals surface area contributed by atoms with Gasteiger partial charge in [0.25, 0.3) is 5.91 Å². The summed E-state index contributed by atoms with van der Waals surface area (Å²) in [5.41, 5.74) is 2.71. The maximum atomic E-state index is 12.7. The molecule has 0 saturated carbocycles. The van der Waals surface area contributed by atoms with Gasteiger partial charge in [-0.15, -0.1) is 0 Å². The van der Waals surface area contributed by atoms with E-state index in [4.69, 9.17) is 0 Å². The molecule has 0 aromatic heterocycles. The van der Waals surface area contributed by atoms with Crippen molar-refractivity contribution in [2.45, 2.75) is 59.0 Å². The van der Waals surface area contributed by atoms with E-state index in [1.165, 1.54) is 0 Å². The number of nitrogens with zero attached hydrogens (tertiary/aromatic N) is 2. The molecule has 1 saturated heterocycles. The topological polar surface area (TPSA) is 64.7 Å². The van der Waals surface area contributed by atoms with E-state index in [-0.39, 0.29) is 17.9 Å². The summed E-state index contributed by atoms with van der Waals surface area (Å²) in [6, 6.07) is 6.17. The summed E-state index contributed by atoms with van der Waals surface area (Å²) in [6.07, 6.45) is 2.83. The SMILES string of the molecule is Cc1c(NC(C)C(C)C)cccc1C(=O)NCCCN1CCCC1C(=O)N(C)C. The van der Waals surface area contributed by atoms with Gasteiger partial charge >= 0.3 is 0 Å². The zero-order valence-corrected chi connectivity index (χ0v) is 18.9. The van der Waals surface area contributed by atoms with E-state index in [0.29, 0.717) is 24.1 Å². The summed E-state index contributed by atoms with van der Waals surface area (Å²) in [6.45, 7) is 10.9. The molecule has 0 radical (unpaired) electrons. The Kier molecular flexibility index (Phi) is 8.50. The minimum atomic E-state index is -0.0364. The van der Waals surface area contributed by atoms with E-state index in [1.54, 1.807) is 4.90 Å². The average Bonchev–Trinajstić information content (AvgIpc) is 3.14. The van der Waals surface area contributed by atoms with Gasteiger partial charge in [-0.25, -0.2) is 0 Å². The molecule has 2 rings (SSSR count). The minimum Gasteiger partial charge on any atom is -0.382 e. The molecule has 1 aromatic rings. The third-order valence-corrected chi connectivity index (χ3v) is 5.96. The van der Waals surface area contributed by atoms with Crippen LogP contribution in [-0.4, -0.2) is 67.4 Å². The molecular weight excluding hydrogens is 364 g/mol. The van der Waals surface area contributed by atoms with Gasteiger partial charge in [0.1, 0.15) is 0 Å². The van der Waals surface area contributed by atoms with Gasteiger partial charge in [0.05, 0.1) is 6.04 Å². The highest BCUT2D eigenvalue weighted by atomic mass is 16.2. The molecule has 2 N–H and O–H groups in total. The van der Waals surface area contributed by atoms with Crippen LogP contribution in [0.5, 0.6) is 0 Å². The number of benzene rings is 1. The fraction of sp³-hybridized carbons (Fsp3) is 0.652. The molecule has 1 aromatic carbocycles. The first kappa shape index (κ1) is 23.2. The first-order chi connectivity index (χ1) is 13.7. The number of carbonyl (C=O) groups is 2. The number of rotatable bonds is 9. The van der Waals surface area contributed by atoms with Crippen LogP contribution >= 0.6 is 0 Å². The number of amides is 2. The van der Waals surface area contributed by atoms with E-state index >= 15 is 0 Å². The van der Waals surface area contributed by atoms with Crippen LogP contribution in [0, 0.1) is 12.8 Å². The lowest BCUT2D eigenvalue weighted by atomic mass is 10.0. The molecule has 0 bridgehead atoms. The van der Waals surface area contributed by atoms with Crippen molar-refractivity contribution in [1.29, 1.82) is 0 Å². The Labute approximate surface area is 176 Å².